The second kappa shape index (κ2) is 5.03. The number of ether oxygens (including phenoxy) is 1. The molecule has 0 aromatic heterocycles. The van der Waals surface area contributed by atoms with Gasteiger partial charge < -0.3 is 4.74 Å². The van der Waals surface area contributed by atoms with Gasteiger partial charge in [-0.15, -0.1) is 0 Å². The fourth-order valence-electron chi connectivity index (χ4n) is 2.57. The van der Waals surface area contributed by atoms with Crippen molar-refractivity contribution in [3.05, 3.63) is 23.2 Å². The van der Waals surface area contributed by atoms with E-state index in [1.165, 1.54) is 12.8 Å². The average Bonchev–Trinajstić information content (AvgIpc) is 2.21. The van der Waals surface area contributed by atoms with Gasteiger partial charge >= 0.3 is 0 Å². The SMILES string of the molecule is CCCC1CC(OC2=C(C)C(F)=CCC2)C1. The van der Waals surface area contributed by atoms with E-state index in [1.807, 2.05) is 6.92 Å². The van der Waals surface area contributed by atoms with Crippen LogP contribution in [0.3, 0.4) is 0 Å². The van der Waals surface area contributed by atoms with E-state index in [9.17, 15) is 4.39 Å². The first-order valence-electron chi connectivity index (χ1n) is 6.43. The van der Waals surface area contributed by atoms with Crippen LogP contribution in [-0.2, 0) is 4.74 Å². The van der Waals surface area contributed by atoms with Gasteiger partial charge in [-0.1, -0.05) is 19.8 Å². The zero-order valence-electron chi connectivity index (χ0n) is 10.3. The van der Waals surface area contributed by atoms with Gasteiger partial charge in [-0.25, -0.2) is 4.39 Å². The minimum atomic E-state index is -0.0920. The van der Waals surface area contributed by atoms with Gasteiger partial charge in [0, 0.05) is 12.0 Å². The Hall–Kier alpha value is -0.790. The zero-order chi connectivity index (χ0) is 11.5. The van der Waals surface area contributed by atoms with Crippen LogP contribution in [0.4, 0.5) is 4.39 Å². The summed E-state index contributed by atoms with van der Waals surface area (Å²) in [4.78, 5) is 0. The fourth-order valence-corrected chi connectivity index (χ4v) is 2.57. The maximum atomic E-state index is 13.3. The molecule has 0 N–H and O–H groups in total. The monoisotopic (exact) mass is 224 g/mol. The molecule has 0 aliphatic heterocycles. The first-order valence-corrected chi connectivity index (χ1v) is 6.43. The van der Waals surface area contributed by atoms with E-state index >= 15 is 0 Å². The molecule has 90 valence electrons. The number of rotatable bonds is 4. The molecule has 2 aliphatic carbocycles. The van der Waals surface area contributed by atoms with Gasteiger partial charge in [0.05, 0.1) is 6.10 Å². The Kier molecular flexibility index (Phi) is 3.67. The van der Waals surface area contributed by atoms with Crippen molar-refractivity contribution >= 4 is 0 Å². The lowest BCUT2D eigenvalue weighted by atomic mass is 9.79. The molecule has 0 atom stereocenters. The van der Waals surface area contributed by atoms with E-state index in [2.05, 4.69) is 6.92 Å². The molecule has 0 saturated heterocycles. The maximum absolute atomic E-state index is 13.3. The maximum Gasteiger partial charge on any atom is 0.125 e. The zero-order valence-corrected chi connectivity index (χ0v) is 10.3. The summed E-state index contributed by atoms with van der Waals surface area (Å²) in [5.74, 6) is 1.64. The van der Waals surface area contributed by atoms with Crippen LogP contribution >= 0.6 is 0 Å². The van der Waals surface area contributed by atoms with Crippen molar-refractivity contribution < 1.29 is 9.13 Å². The summed E-state index contributed by atoms with van der Waals surface area (Å²) in [5.41, 5.74) is 0.713. The van der Waals surface area contributed by atoms with Crippen LogP contribution < -0.4 is 0 Å². The molecule has 1 fully saturated rings. The minimum absolute atomic E-state index is 0.0920. The third kappa shape index (κ3) is 2.47. The van der Waals surface area contributed by atoms with E-state index in [-0.39, 0.29) is 5.83 Å². The van der Waals surface area contributed by atoms with Crippen LogP contribution in [0.5, 0.6) is 0 Å². The average molecular weight is 224 g/mol. The topological polar surface area (TPSA) is 9.23 Å². The summed E-state index contributed by atoms with van der Waals surface area (Å²) in [6, 6.07) is 0. The molecular formula is C14H21FO. The lowest BCUT2D eigenvalue weighted by Gasteiger charge is -2.36. The molecule has 2 heteroatoms. The third-order valence-corrected chi connectivity index (χ3v) is 3.67. The van der Waals surface area contributed by atoms with E-state index in [0.29, 0.717) is 11.7 Å². The molecular weight excluding hydrogens is 203 g/mol. The Morgan fingerprint density at radius 3 is 2.88 bits per heavy atom. The van der Waals surface area contributed by atoms with Gasteiger partial charge in [0.25, 0.3) is 0 Å². The highest BCUT2D eigenvalue weighted by molar-refractivity contribution is 5.29. The van der Waals surface area contributed by atoms with Crippen molar-refractivity contribution in [1.82, 2.24) is 0 Å². The standard InChI is InChI=1S/C14H21FO/c1-3-5-11-8-12(9-11)16-14-7-4-6-13(15)10(14)2/h6,11-12H,3-5,7-9H2,1-2H3. The normalized spacial score (nSPS) is 29.8. The summed E-state index contributed by atoms with van der Waals surface area (Å²) < 4.78 is 19.2. The molecule has 1 saturated carbocycles. The predicted octanol–water partition coefficient (Wildman–Crippen LogP) is 4.50. The Bertz CT molecular complexity index is 311. The lowest BCUT2D eigenvalue weighted by Crippen LogP contribution is -2.31. The van der Waals surface area contributed by atoms with Crippen molar-refractivity contribution in [2.24, 2.45) is 5.92 Å². The molecule has 16 heavy (non-hydrogen) atoms. The molecule has 1 nitrogen and oxygen atoms in total. The van der Waals surface area contributed by atoms with Crippen molar-refractivity contribution in [3.8, 4) is 0 Å². The smallest absolute Gasteiger partial charge is 0.125 e. The first-order chi connectivity index (χ1) is 7.70. The highest BCUT2D eigenvalue weighted by Crippen LogP contribution is 2.37. The minimum Gasteiger partial charge on any atom is -0.494 e. The highest BCUT2D eigenvalue weighted by Gasteiger charge is 2.31. The molecule has 0 radical (unpaired) electrons. The van der Waals surface area contributed by atoms with E-state index in [0.717, 1.165) is 37.4 Å². The van der Waals surface area contributed by atoms with Crippen LogP contribution in [0, 0.1) is 5.92 Å². The molecule has 0 spiro atoms. The van der Waals surface area contributed by atoms with E-state index in [1.54, 1.807) is 6.08 Å². The van der Waals surface area contributed by atoms with Crippen LogP contribution in [0.1, 0.15) is 52.4 Å². The summed E-state index contributed by atoms with van der Waals surface area (Å²) in [5, 5.41) is 0. The van der Waals surface area contributed by atoms with Gasteiger partial charge in [0.15, 0.2) is 0 Å². The Balaban J connectivity index is 1.83. The largest absolute Gasteiger partial charge is 0.494 e. The lowest BCUT2D eigenvalue weighted by molar-refractivity contribution is 0.00244. The number of halogens is 1. The number of allylic oxidation sites excluding steroid dienone is 4. The molecule has 2 rings (SSSR count). The van der Waals surface area contributed by atoms with Crippen LogP contribution in [0.2, 0.25) is 0 Å². The van der Waals surface area contributed by atoms with Crippen molar-refractivity contribution in [3.63, 3.8) is 0 Å². The summed E-state index contributed by atoms with van der Waals surface area (Å²) >= 11 is 0. The predicted molar refractivity (Wildman–Crippen MR) is 63.6 cm³/mol. The van der Waals surface area contributed by atoms with Crippen molar-refractivity contribution in [1.29, 1.82) is 0 Å². The second-order valence-electron chi connectivity index (χ2n) is 5.00. The van der Waals surface area contributed by atoms with Crippen LogP contribution in [0.25, 0.3) is 0 Å². The van der Waals surface area contributed by atoms with Gasteiger partial charge in [-0.3, -0.25) is 0 Å². The molecule has 0 aromatic carbocycles. The quantitative estimate of drug-likeness (QED) is 0.683. The summed E-state index contributed by atoms with van der Waals surface area (Å²) in [6.07, 6.45) is 8.56. The molecule has 0 heterocycles. The molecule has 0 amide bonds. The van der Waals surface area contributed by atoms with Gasteiger partial charge in [-0.2, -0.15) is 0 Å². The Morgan fingerprint density at radius 1 is 1.44 bits per heavy atom. The second-order valence-corrected chi connectivity index (χ2v) is 5.00. The Labute approximate surface area is 97.4 Å². The fraction of sp³-hybridized carbons (Fsp3) is 0.714. The Morgan fingerprint density at radius 2 is 2.19 bits per heavy atom. The van der Waals surface area contributed by atoms with E-state index < -0.39 is 0 Å². The molecule has 0 aromatic rings. The van der Waals surface area contributed by atoms with Gasteiger partial charge in [0.1, 0.15) is 11.6 Å². The van der Waals surface area contributed by atoms with Gasteiger partial charge in [-0.05, 0) is 38.2 Å². The van der Waals surface area contributed by atoms with Crippen molar-refractivity contribution in [2.45, 2.75) is 58.5 Å². The summed E-state index contributed by atoms with van der Waals surface area (Å²) in [7, 11) is 0. The van der Waals surface area contributed by atoms with Crippen LogP contribution in [0.15, 0.2) is 23.2 Å². The van der Waals surface area contributed by atoms with E-state index in [4.69, 9.17) is 4.74 Å². The van der Waals surface area contributed by atoms with Crippen LogP contribution in [-0.4, -0.2) is 6.10 Å². The molecule has 0 bridgehead atoms. The third-order valence-electron chi connectivity index (χ3n) is 3.67. The highest BCUT2D eigenvalue weighted by atomic mass is 19.1. The molecule has 2 aliphatic rings. The number of hydrogen-bond donors (Lipinski definition) is 0. The number of hydrogen-bond acceptors (Lipinski definition) is 1. The molecule has 0 unspecified atom stereocenters. The first kappa shape index (κ1) is 11.7. The van der Waals surface area contributed by atoms with Crippen molar-refractivity contribution in [2.75, 3.05) is 0 Å². The van der Waals surface area contributed by atoms with Gasteiger partial charge in [0.2, 0.25) is 0 Å². The summed E-state index contributed by atoms with van der Waals surface area (Å²) in [6.45, 7) is 4.05.